The van der Waals surface area contributed by atoms with Gasteiger partial charge >= 0.3 is 0 Å². The zero-order valence-corrected chi connectivity index (χ0v) is 21.4. The van der Waals surface area contributed by atoms with E-state index in [-0.39, 0.29) is 18.0 Å². The standard InChI is InChI=1S/C24H32Br2N2O3/c1-2-11-28(22(29)17-18-8-9-19(25)20(26)16-18)21-7-3-4-10-24(30-14-15-31-24)23(21)27-12-5-6-13-27/h5-6,8-9,16,21,23H,2-4,7,10-15,17H2,1H3. The van der Waals surface area contributed by atoms with Gasteiger partial charge in [0.05, 0.1) is 31.7 Å². The first-order valence-corrected chi connectivity index (χ1v) is 13.0. The molecule has 0 aromatic heterocycles. The highest BCUT2D eigenvalue weighted by atomic mass is 79.9. The van der Waals surface area contributed by atoms with Gasteiger partial charge in [-0.05, 0) is 68.8 Å². The van der Waals surface area contributed by atoms with E-state index in [1.807, 2.05) is 18.2 Å². The maximum absolute atomic E-state index is 13.7. The Morgan fingerprint density at radius 3 is 2.58 bits per heavy atom. The van der Waals surface area contributed by atoms with Gasteiger partial charge in [-0.15, -0.1) is 0 Å². The molecule has 0 N–H and O–H groups in total. The molecule has 1 aromatic carbocycles. The molecule has 1 amide bonds. The number of nitrogens with zero attached hydrogens (tertiary/aromatic N) is 2. The number of carbonyl (C=O) groups is 1. The Morgan fingerprint density at radius 2 is 1.90 bits per heavy atom. The molecule has 1 spiro atoms. The smallest absolute Gasteiger partial charge is 0.227 e. The molecule has 0 radical (unpaired) electrons. The molecule has 2 fully saturated rings. The summed E-state index contributed by atoms with van der Waals surface area (Å²) in [5.41, 5.74) is 1.03. The fourth-order valence-electron chi connectivity index (χ4n) is 5.32. The second-order valence-corrected chi connectivity index (χ2v) is 10.4. The summed E-state index contributed by atoms with van der Waals surface area (Å²) in [6, 6.07) is 6.20. The Kier molecular flexibility index (Phi) is 7.91. The van der Waals surface area contributed by atoms with Crippen molar-refractivity contribution in [2.24, 2.45) is 0 Å². The molecule has 1 saturated heterocycles. The summed E-state index contributed by atoms with van der Waals surface area (Å²) >= 11 is 7.09. The third-order valence-electron chi connectivity index (χ3n) is 6.63. The van der Waals surface area contributed by atoms with E-state index in [0.29, 0.717) is 19.6 Å². The van der Waals surface area contributed by atoms with Gasteiger partial charge in [0.2, 0.25) is 5.91 Å². The zero-order chi connectivity index (χ0) is 21.8. The first-order valence-electron chi connectivity index (χ1n) is 11.4. The number of amides is 1. The second kappa shape index (κ2) is 10.5. The normalized spacial score (nSPS) is 25.8. The topological polar surface area (TPSA) is 42.0 Å². The van der Waals surface area contributed by atoms with Crippen LogP contribution in [-0.4, -0.2) is 66.4 Å². The van der Waals surface area contributed by atoms with Crippen LogP contribution in [0.4, 0.5) is 0 Å². The van der Waals surface area contributed by atoms with Gasteiger partial charge in [-0.1, -0.05) is 31.6 Å². The fraction of sp³-hybridized carbons (Fsp3) is 0.625. The molecule has 0 bridgehead atoms. The minimum atomic E-state index is -0.597. The third kappa shape index (κ3) is 5.11. The summed E-state index contributed by atoms with van der Waals surface area (Å²) in [4.78, 5) is 18.2. The minimum absolute atomic E-state index is 0.0552. The Labute approximate surface area is 202 Å². The van der Waals surface area contributed by atoms with Gasteiger partial charge in [0, 0.05) is 35.0 Å². The quantitative estimate of drug-likeness (QED) is 0.467. The molecule has 2 atom stereocenters. The van der Waals surface area contributed by atoms with Gasteiger partial charge in [-0.2, -0.15) is 0 Å². The Bertz CT molecular complexity index is 802. The van der Waals surface area contributed by atoms with Crippen molar-refractivity contribution < 1.29 is 14.3 Å². The molecule has 2 aliphatic heterocycles. The molecule has 170 valence electrons. The van der Waals surface area contributed by atoms with Crippen LogP contribution in [0.15, 0.2) is 39.3 Å². The number of carbonyl (C=O) groups excluding carboxylic acids is 1. The SMILES string of the molecule is CCCN(C(=O)Cc1ccc(Br)c(Br)c1)C1CCCCC2(OCCO2)C1N1CC=CC1. The highest BCUT2D eigenvalue weighted by Gasteiger charge is 2.53. The molecule has 2 unspecified atom stereocenters. The molecule has 5 nitrogen and oxygen atoms in total. The highest BCUT2D eigenvalue weighted by molar-refractivity contribution is 9.13. The van der Waals surface area contributed by atoms with Crippen LogP contribution in [0, 0.1) is 0 Å². The van der Waals surface area contributed by atoms with Gasteiger partial charge in [0.15, 0.2) is 5.79 Å². The minimum Gasteiger partial charge on any atom is -0.346 e. The summed E-state index contributed by atoms with van der Waals surface area (Å²) in [7, 11) is 0. The van der Waals surface area contributed by atoms with E-state index < -0.39 is 5.79 Å². The van der Waals surface area contributed by atoms with E-state index in [2.05, 4.69) is 60.7 Å². The Hall–Kier alpha value is -0.730. The van der Waals surface area contributed by atoms with Crippen molar-refractivity contribution in [1.82, 2.24) is 9.80 Å². The number of rotatable bonds is 6. The predicted molar refractivity (Wildman–Crippen MR) is 129 cm³/mol. The maximum Gasteiger partial charge on any atom is 0.227 e. The summed E-state index contributed by atoms with van der Waals surface area (Å²) < 4.78 is 14.6. The lowest BCUT2D eigenvalue weighted by Crippen LogP contribution is -2.63. The molecule has 1 saturated carbocycles. The van der Waals surface area contributed by atoms with Crippen LogP contribution in [0.2, 0.25) is 0 Å². The summed E-state index contributed by atoms with van der Waals surface area (Å²) in [5, 5.41) is 0. The largest absolute Gasteiger partial charge is 0.346 e. The van der Waals surface area contributed by atoms with E-state index in [1.165, 1.54) is 0 Å². The van der Waals surface area contributed by atoms with Crippen LogP contribution in [0.5, 0.6) is 0 Å². The fourth-order valence-corrected chi connectivity index (χ4v) is 5.99. The lowest BCUT2D eigenvalue weighted by atomic mass is 9.93. The van der Waals surface area contributed by atoms with Crippen molar-refractivity contribution >= 4 is 37.8 Å². The number of benzene rings is 1. The van der Waals surface area contributed by atoms with Gasteiger partial charge in [-0.3, -0.25) is 9.69 Å². The number of hydrogen-bond acceptors (Lipinski definition) is 4. The van der Waals surface area contributed by atoms with Crippen LogP contribution in [-0.2, 0) is 20.7 Å². The molecular formula is C24H32Br2N2O3. The molecule has 3 aliphatic rings. The highest BCUT2D eigenvalue weighted by Crippen LogP contribution is 2.40. The van der Waals surface area contributed by atoms with Crippen LogP contribution >= 0.6 is 31.9 Å². The van der Waals surface area contributed by atoms with Crippen LogP contribution < -0.4 is 0 Å². The van der Waals surface area contributed by atoms with Crippen LogP contribution in [0.1, 0.15) is 44.6 Å². The van der Waals surface area contributed by atoms with Crippen molar-refractivity contribution in [3.05, 3.63) is 44.9 Å². The van der Waals surface area contributed by atoms with Crippen LogP contribution in [0.25, 0.3) is 0 Å². The first kappa shape index (κ1) is 23.4. The zero-order valence-electron chi connectivity index (χ0n) is 18.2. The van der Waals surface area contributed by atoms with E-state index in [0.717, 1.165) is 66.2 Å². The van der Waals surface area contributed by atoms with Crippen molar-refractivity contribution in [1.29, 1.82) is 0 Å². The molecule has 7 heteroatoms. The maximum atomic E-state index is 13.7. The first-order chi connectivity index (χ1) is 15.0. The van der Waals surface area contributed by atoms with Crippen molar-refractivity contribution in [3.63, 3.8) is 0 Å². The molecule has 31 heavy (non-hydrogen) atoms. The van der Waals surface area contributed by atoms with Crippen LogP contribution in [0.3, 0.4) is 0 Å². The molecule has 1 aromatic rings. The molecule has 1 aliphatic carbocycles. The Morgan fingerprint density at radius 1 is 1.16 bits per heavy atom. The van der Waals surface area contributed by atoms with Gasteiger partial charge in [0.25, 0.3) is 0 Å². The second-order valence-electron chi connectivity index (χ2n) is 8.70. The number of hydrogen-bond donors (Lipinski definition) is 0. The molecular weight excluding hydrogens is 524 g/mol. The third-order valence-corrected chi connectivity index (χ3v) is 8.51. The van der Waals surface area contributed by atoms with Gasteiger partial charge < -0.3 is 14.4 Å². The summed E-state index contributed by atoms with van der Waals surface area (Å²) in [6.45, 7) is 5.97. The molecule has 2 heterocycles. The van der Waals surface area contributed by atoms with Crippen molar-refractivity contribution in [2.45, 2.75) is 63.3 Å². The monoisotopic (exact) mass is 554 g/mol. The van der Waals surface area contributed by atoms with E-state index in [4.69, 9.17) is 9.47 Å². The molecule has 4 rings (SSSR count). The average Bonchev–Trinajstić information content (AvgIpc) is 3.41. The lowest BCUT2D eigenvalue weighted by Gasteiger charge is -2.47. The average molecular weight is 556 g/mol. The van der Waals surface area contributed by atoms with E-state index >= 15 is 0 Å². The van der Waals surface area contributed by atoms with E-state index in [9.17, 15) is 4.79 Å². The van der Waals surface area contributed by atoms with Crippen molar-refractivity contribution in [3.8, 4) is 0 Å². The van der Waals surface area contributed by atoms with Gasteiger partial charge in [0.1, 0.15) is 0 Å². The lowest BCUT2D eigenvalue weighted by molar-refractivity contribution is -0.214. The Balaban J connectivity index is 1.63. The number of halogens is 2. The summed E-state index contributed by atoms with van der Waals surface area (Å²) in [5.74, 6) is -0.409. The van der Waals surface area contributed by atoms with Crippen molar-refractivity contribution in [2.75, 3.05) is 32.8 Å². The van der Waals surface area contributed by atoms with Gasteiger partial charge in [-0.25, -0.2) is 0 Å². The predicted octanol–water partition coefficient (Wildman–Crippen LogP) is 4.92. The van der Waals surface area contributed by atoms with E-state index in [1.54, 1.807) is 0 Å². The number of ether oxygens (including phenoxy) is 2. The summed E-state index contributed by atoms with van der Waals surface area (Å²) in [6.07, 6.45) is 9.83.